The van der Waals surface area contributed by atoms with Crippen LogP contribution >= 0.6 is 0 Å². The Balaban J connectivity index is 3.46. The maximum atomic E-state index is 4.99. The lowest BCUT2D eigenvalue weighted by atomic mass is 9.89. The van der Waals surface area contributed by atoms with Crippen LogP contribution < -0.4 is 0 Å². The number of para-hydroxylation sites is 1. The van der Waals surface area contributed by atoms with Gasteiger partial charge < -0.3 is 0 Å². The standard InChI is InChI=1S/C18H29N/c1-12(2)15-10-9-11-16(13(3)4)17(15)19-14(5)18(6,7)8/h9-13H,1-8H3. The van der Waals surface area contributed by atoms with Crippen molar-refractivity contribution in [3.05, 3.63) is 29.3 Å². The minimum atomic E-state index is 0.123. The summed E-state index contributed by atoms with van der Waals surface area (Å²) >= 11 is 0. The van der Waals surface area contributed by atoms with Crippen molar-refractivity contribution in [2.24, 2.45) is 10.4 Å². The first-order valence-electron chi connectivity index (χ1n) is 7.33. The van der Waals surface area contributed by atoms with Crippen molar-refractivity contribution >= 4 is 11.4 Å². The van der Waals surface area contributed by atoms with Crippen molar-refractivity contribution in [2.75, 3.05) is 0 Å². The molecule has 0 radical (unpaired) electrons. The van der Waals surface area contributed by atoms with Crippen LogP contribution in [-0.2, 0) is 0 Å². The molecule has 1 aromatic rings. The van der Waals surface area contributed by atoms with Crippen LogP contribution in [-0.4, -0.2) is 5.71 Å². The van der Waals surface area contributed by atoms with Gasteiger partial charge in [0.25, 0.3) is 0 Å². The second kappa shape index (κ2) is 5.90. The molecule has 0 aliphatic carbocycles. The zero-order valence-corrected chi connectivity index (χ0v) is 13.8. The minimum Gasteiger partial charge on any atom is -0.257 e. The zero-order valence-electron chi connectivity index (χ0n) is 13.8. The molecule has 0 aromatic heterocycles. The quantitative estimate of drug-likeness (QED) is 0.584. The van der Waals surface area contributed by atoms with E-state index in [0.29, 0.717) is 11.8 Å². The van der Waals surface area contributed by atoms with Crippen LogP contribution in [0, 0.1) is 5.41 Å². The molecule has 0 aliphatic rings. The Morgan fingerprint density at radius 2 is 1.37 bits per heavy atom. The number of hydrogen-bond donors (Lipinski definition) is 0. The van der Waals surface area contributed by atoms with E-state index in [1.807, 2.05) is 0 Å². The molecule has 0 aliphatic heterocycles. The van der Waals surface area contributed by atoms with Gasteiger partial charge in [0.2, 0.25) is 0 Å². The third-order valence-corrected chi connectivity index (χ3v) is 3.71. The van der Waals surface area contributed by atoms with Gasteiger partial charge in [0, 0.05) is 5.71 Å². The van der Waals surface area contributed by atoms with Gasteiger partial charge in [0.05, 0.1) is 5.69 Å². The van der Waals surface area contributed by atoms with Gasteiger partial charge in [-0.3, -0.25) is 4.99 Å². The van der Waals surface area contributed by atoms with Crippen LogP contribution in [0.5, 0.6) is 0 Å². The summed E-state index contributed by atoms with van der Waals surface area (Å²) in [5.74, 6) is 1.01. The smallest absolute Gasteiger partial charge is 0.0698 e. The Morgan fingerprint density at radius 3 is 1.68 bits per heavy atom. The summed E-state index contributed by atoms with van der Waals surface area (Å²) in [6.07, 6.45) is 0. The monoisotopic (exact) mass is 259 g/mol. The Kier molecular flexibility index (Phi) is 4.95. The fourth-order valence-electron chi connectivity index (χ4n) is 1.98. The molecule has 0 amide bonds. The highest BCUT2D eigenvalue weighted by atomic mass is 14.8. The largest absolute Gasteiger partial charge is 0.257 e. The van der Waals surface area contributed by atoms with Gasteiger partial charge in [-0.1, -0.05) is 66.7 Å². The summed E-state index contributed by atoms with van der Waals surface area (Å²) in [6.45, 7) is 17.8. The molecule has 1 nitrogen and oxygen atoms in total. The third-order valence-electron chi connectivity index (χ3n) is 3.71. The lowest BCUT2D eigenvalue weighted by Gasteiger charge is -2.21. The average molecular weight is 259 g/mol. The maximum Gasteiger partial charge on any atom is 0.0698 e. The van der Waals surface area contributed by atoms with E-state index in [4.69, 9.17) is 4.99 Å². The molecule has 19 heavy (non-hydrogen) atoms. The van der Waals surface area contributed by atoms with Crippen LogP contribution in [0.1, 0.15) is 78.4 Å². The summed E-state index contributed by atoms with van der Waals surface area (Å²) in [7, 11) is 0. The van der Waals surface area contributed by atoms with Gasteiger partial charge in [-0.25, -0.2) is 0 Å². The van der Waals surface area contributed by atoms with Crippen molar-refractivity contribution in [3.8, 4) is 0 Å². The van der Waals surface area contributed by atoms with Crippen LogP contribution in [0.4, 0.5) is 5.69 Å². The maximum absolute atomic E-state index is 4.99. The fourth-order valence-corrected chi connectivity index (χ4v) is 1.98. The summed E-state index contributed by atoms with van der Waals surface area (Å²) in [6, 6.07) is 6.59. The number of nitrogens with zero attached hydrogens (tertiary/aromatic N) is 1. The van der Waals surface area contributed by atoms with Gasteiger partial charge in [0.1, 0.15) is 0 Å². The van der Waals surface area contributed by atoms with E-state index in [1.54, 1.807) is 0 Å². The Hall–Kier alpha value is -1.11. The Labute approximate surface area is 119 Å². The lowest BCUT2D eigenvalue weighted by Crippen LogP contribution is -2.16. The van der Waals surface area contributed by atoms with Crippen molar-refractivity contribution < 1.29 is 0 Å². The van der Waals surface area contributed by atoms with Crippen LogP contribution in [0.3, 0.4) is 0 Å². The van der Waals surface area contributed by atoms with Gasteiger partial charge in [-0.05, 0) is 35.3 Å². The van der Waals surface area contributed by atoms with Gasteiger partial charge in [-0.15, -0.1) is 0 Å². The molecule has 0 fully saturated rings. The molecule has 0 heterocycles. The van der Waals surface area contributed by atoms with E-state index in [1.165, 1.54) is 22.5 Å². The first-order valence-corrected chi connectivity index (χ1v) is 7.33. The van der Waals surface area contributed by atoms with Crippen molar-refractivity contribution in [1.82, 2.24) is 0 Å². The Morgan fingerprint density at radius 1 is 0.947 bits per heavy atom. The summed E-state index contributed by atoms with van der Waals surface area (Å²) < 4.78 is 0. The van der Waals surface area contributed by atoms with E-state index < -0.39 is 0 Å². The predicted octanol–water partition coefficient (Wildman–Crippen LogP) is 6.07. The SMILES string of the molecule is CC(=Nc1c(C(C)C)cccc1C(C)C)C(C)(C)C. The molecular formula is C18H29N. The third kappa shape index (κ3) is 3.92. The second-order valence-electron chi connectivity index (χ2n) is 7.04. The number of benzene rings is 1. The van der Waals surface area contributed by atoms with Gasteiger partial charge in [-0.2, -0.15) is 0 Å². The highest BCUT2D eigenvalue weighted by molar-refractivity contribution is 5.90. The van der Waals surface area contributed by atoms with Crippen LogP contribution in [0.15, 0.2) is 23.2 Å². The molecule has 1 heteroatoms. The minimum absolute atomic E-state index is 0.123. The molecule has 1 aromatic carbocycles. The molecule has 0 saturated carbocycles. The molecule has 1 rings (SSSR count). The summed E-state index contributed by atoms with van der Waals surface area (Å²) in [4.78, 5) is 4.99. The first kappa shape index (κ1) is 15.9. The lowest BCUT2D eigenvalue weighted by molar-refractivity contribution is 0.588. The van der Waals surface area contributed by atoms with E-state index in [9.17, 15) is 0 Å². The summed E-state index contributed by atoms with van der Waals surface area (Å²) in [5, 5.41) is 0. The molecule has 0 spiro atoms. The molecule has 0 atom stereocenters. The molecule has 0 bridgehead atoms. The van der Waals surface area contributed by atoms with Crippen molar-refractivity contribution in [3.63, 3.8) is 0 Å². The van der Waals surface area contributed by atoms with E-state index in [2.05, 4.69) is 73.6 Å². The van der Waals surface area contributed by atoms with Crippen molar-refractivity contribution in [2.45, 2.75) is 67.2 Å². The first-order chi connectivity index (χ1) is 8.64. The normalized spacial score (nSPS) is 13.5. The van der Waals surface area contributed by atoms with Crippen LogP contribution in [0.2, 0.25) is 0 Å². The molecule has 0 unspecified atom stereocenters. The molecule has 106 valence electrons. The van der Waals surface area contributed by atoms with Crippen molar-refractivity contribution in [1.29, 1.82) is 0 Å². The number of aliphatic imine (C=N–C) groups is 1. The van der Waals surface area contributed by atoms with Gasteiger partial charge in [0.15, 0.2) is 0 Å². The highest BCUT2D eigenvalue weighted by Gasteiger charge is 2.18. The second-order valence-corrected chi connectivity index (χ2v) is 7.04. The highest BCUT2D eigenvalue weighted by Crippen LogP contribution is 2.35. The zero-order chi connectivity index (χ0) is 14.8. The predicted molar refractivity (Wildman–Crippen MR) is 86.8 cm³/mol. The average Bonchev–Trinajstić information content (AvgIpc) is 2.27. The van der Waals surface area contributed by atoms with Crippen LogP contribution in [0.25, 0.3) is 0 Å². The summed E-state index contributed by atoms with van der Waals surface area (Å²) in [5.41, 5.74) is 5.23. The molecule has 0 saturated heterocycles. The Bertz CT molecular complexity index is 433. The number of hydrogen-bond acceptors (Lipinski definition) is 1. The molecule has 0 N–H and O–H groups in total. The van der Waals surface area contributed by atoms with E-state index >= 15 is 0 Å². The number of rotatable bonds is 3. The topological polar surface area (TPSA) is 12.4 Å². The molecular weight excluding hydrogens is 230 g/mol. The van der Waals surface area contributed by atoms with E-state index in [0.717, 1.165) is 0 Å². The van der Waals surface area contributed by atoms with Gasteiger partial charge >= 0.3 is 0 Å². The van der Waals surface area contributed by atoms with E-state index in [-0.39, 0.29) is 5.41 Å². The fraction of sp³-hybridized carbons (Fsp3) is 0.611.